The number of imidazole rings is 1. The molecule has 0 saturated carbocycles. The van der Waals surface area contributed by atoms with Gasteiger partial charge in [0.15, 0.2) is 5.89 Å². The van der Waals surface area contributed by atoms with Crippen LogP contribution < -0.4 is 5.32 Å². The summed E-state index contributed by atoms with van der Waals surface area (Å²) in [6, 6.07) is -0.0521. The first-order valence-electron chi connectivity index (χ1n) is 7.54. The lowest BCUT2D eigenvalue weighted by Gasteiger charge is -2.31. The van der Waals surface area contributed by atoms with Crippen molar-refractivity contribution in [3.05, 3.63) is 36.1 Å². The number of nitrogens with zero attached hydrogens (tertiary/aromatic N) is 3. The summed E-state index contributed by atoms with van der Waals surface area (Å²) >= 11 is 0. The van der Waals surface area contributed by atoms with Gasteiger partial charge in [0.05, 0.1) is 18.1 Å². The molecule has 6 heteroatoms. The predicted octanol–water partition coefficient (Wildman–Crippen LogP) is 2.59. The molecule has 0 aliphatic heterocycles. The van der Waals surface area contributed by atoms with E-state index >= 15 is 0 Å². The lowest BCUT2D eigenvalue weighted by atomic mass is 9.86. The molecule has 0 saturated heterocycles. The topological polar surface area (TPSA) is 73.0 Å². The molecule has 0 radical (unpaired) electrons. The summed E-state index contributed by atoms with van der Waals surface area (Å²) in [6.07, 6.45) is 6.04. The zero-order chi connectivity index (χ0) is 16.3. The molecule has 1 atom stereocenters. The van der Waals surface area contributed by atoms with E-state index in [-0.39, 0.29) is 17.4 Å². The first kappa shape index (κ1) is 16.3. The molecule has 0 aliphatic rings. The molecular weight excluding hydrogens is 280 g/mol. The number of nitrogens with one attached hydrogen (secondary N) is 1. The van der Waals surface area contributed by atoms with Gasteiger partial charge in [0.2, 0.25) is 5.76 Å². The maximum Gasteiger partial charge on any atom is 0.289 e. The Labute approximate surface area is 131 Å². The van der Waals surface area contributed by atoms with Crippen LogP contribution in [0.3, 0.4) is 0 Å². The van der Waals surface area contributed by atoms with Crippen molar-refractivity contribution >= 4 is 5.91 Å². The van der Waals surface area contributed by atoms with E-state index in [0.717, 1.165) is 0 Å². The smallest absolute Gasteiger partial charge is 0.289 e. The third-order valence-corrected chi connectivity index (χ3v) is 3.65. The zero-order valence-electron chi connectivity index (χ0n) is 13.9. The molecule has 6 nitrogen and oxygen atoms in total. The van der Waals surface area contributed by atoms with Gasteiger partial charge in [-0.3, -0.25) is 4.79 Å². The maximum absolute atomic E-state index is 12.5. The van der Waals surface area contributed by atoms with Gasteiger partial charge in [-0.05, 0) is 12.3 Å². The summed E-state index contributed by atoms with van der Waals surface area (Å²) in [7, 11) is 0. The van der Waals surface area contributed by atoms with E-state index in [1.807, 2.05) is 17.7 Å². The molecular formula is C16H24N4O2. The monoisotopic (exact) mass is 304 g/mol. The predicted molar refractivity (Wildman–Crippen MR) is 83.6 cm³/mol. The Hall–Kier alpha value is -2.11. The Morgan fingerprint density at radius 2 is 2.18 bits per heavy atom. The van der Waals surface area contributed by atoms with Crippen LogP contribution in [0.1, 0.15) is 49.8 Å². The van der Waals surface area contributed by atoms with E-state index in [1.54, 1.807) is 19.4 Å². The molecule has 120 valence electrons. The fourth-order valence-corrected chi connectivity index (χ4v) is 2.18. The lowest BCUT2D eigenvalue weighted by molar-refractivity contribution is 0.0861. The van der Waals surface area contributed by atoms with Gasteiger partial charge in [-0.25, -0.2) is 9.97 Å². The Bertz CT molecular complexity index is 623. The molecule has 0 bridgehead atoms. The highest BCUT2D eigenvalue weighted by molar-refractivity contribution is 5.92. The molecule has 0 unspecified atom stereocenters. The average molecular weight is 304 g/mol. The summed E-state index contributed by atoms with van der Waals surface area (Å²) in [6.45, 7) is 10.7. The standard InChI is InChI=1S/C16H24N4O2/c1-6-13-18-11(2)14(22-13)15(21)19-12(16(3,4)5)9-20-8-7-17-10-20/h7-8,10,12H,6,9H2,1-5H3,(H,19,21)/t12-/m0/s1. The number of oxazole rings is 1. The van der Waals surface area contributed by atoms with Crippen molar-refractivity contribution in [2.24, 2.45) is 5.41 Å². The number of hydrogen-bond acceptors (Lipinski definition) is 4. The van der Waals surface area contributed by atoms with Crippen LogP contribution in [0.15, 0.2) is 23.1 Å². The highest BCUT2D eigenvalue weighted by atomic mass is 16.4. The van der Waals surface area contributed by atoms with E-state index in [9.17, 15) is 4.79 Å². The molecule has 2 rings (SSSR count). The van der Waals surface area contributed by atoms with Crippen molar-refractivity contribution in [2.45, 2.75) is 53.6 Å². The number of aryl methyl sites for hydroxylation is 2. The second kappa shape index (κ2) is 6.34. The molecule has 0 spiro atoms. The molecule has 2 aromatic heterocycles. The van der Waals surface area contributed by atoms with E-state index in [1.165, 1.54) is 0 Å². The molecule has 22 heavy (non-hydrogen) atoms. The highest BCUT2D eigenvalue weighted by Crippen LogP contribution is 2.22. The van der Waals surface area contributed by atoms with Gasteiger partial charge in [0.1, 0.15) is 0 Å². The van der Waals surface area contributed by atoms with Gasteiger partial charge >= 0.3 is 0 Å². The van der Waals surface area contributed by atoms with Gasteiger partial charge in [0.25, 0.3) is 5.91 Å². The molecule has 1 amide bonds. The normalized spacial score (nSPS) is 13.1. The summed E-state index contributed by atoms with van der Waals surface area (Å²) in [5.74, 6) is 0.672. The van der Waals surface area contributed by atoms with Gasteiger partial charge in [-0.1, -0.05) is 27.7 Å². The molecule has 0 aliphatic carbocycles. The minimum Gasteiger partial charge on any atom is -0.435 e. The minimum absolute atomic E-state index is 0.0521. The molecule has 2 aromatic rings. The minimum atomic E-state index is -0.218. The van der Waals surface area contributed by atoms with Crippen LogP contribution in [-0.4, -0.2) is 26.5 Å². The van der Waals surface area contributed by atoms with Gasteiger partial charge in [0, 0.05) is 25.4 Å². The van der Waals surface area contributed by atoms with Gasteiger partial charge in [-0.2, -0.15) is 0 Å². The summed E-state index contributed by atoms with van der Waals surface area (Å²) in [5, 5.41) is 3.07. The van der Waals surface area contributed by atoms with Gasteiger partial charge < -0.3 is 14.3 Å². The largest absolute Gasteiger partial charge is 0.435 e. The lowest BCUT2D eigenvalue weighted by Crippen LogP contribution is -2.46. The van der Waals surface area contributed by atoms with Crippen LogP contribution in [0.4, 0.5) is 0 Å². The molecule has 2 heterocycles. The van der Waals surface area contributed by atoms with E-state index in [4.69, 9.17) is 4.42 Å². The van der Waals surface area contributed by atoms with E-state index in [2.05, 4.69) is 36.1 Å². The summed E-state index contributed by atoms with van der Waals surface area (Å²) in [4.78, 5) is 20.8. The van der Waals surface area contributed by atoms with Gasteiger partial charge in [-0.15, -0.1) is 0 Å². The molecule has 0 aromatic carbocycles. The van der Waals surface area contributed by atoms with Crippen molar-refractivity contribution in [3.8, 4) is 0 Å². The Balaban J connectivity index is 2.15. The van der Waals surface area contributed by atoms with E-state index < -0.39 is 0 Å². The quantitative estimate of drug-likeness (QED) is 0.921. The van der Waals surface area contributed by atoms with E-state index in [0.29, 0.717) is 30.3 Å². The SMILES string of the molecule is CCc1nc(C)c(C(=O)N[C@@H](Cn2ccnc2)C(C)(C)C)o1. The Morgan fingerprint density at radius 3 is 2.68 bits per heavy atom. The number of rotatable bonds is 5. The van der Waals surface area contributed by atoms with Crippen LogP contribution in [0.2, 0.25) is 0 Å². The zero-order valence-corrected chi connectivity index (χ0v) is 13.9. The maximum atomic E-state index is 12.5. The number of amides is 1. The summed E-state index contributed by atoms with van der Waals surface area (Å²) in [5.41, 5.74) is 0.534. The number of aromatic nitrogens is 3. The van der Waals surface area contributed by atoms with Crippen LogP contribution in [0.25, 0.3) is 0 Å². The number of carbonyl (C=O) groups excluding carboxylic acids is 1. The van der Waals surface area contributed by atoms with Crippen LogP contribution in [0, 0.1) is 12.3 Å². The highest BCUT2D eigenvalue weighted by Gasteiger charge is 2.29. The van der Waals surface area contributed by atoms with Crippen LogP contribution >= 0.6 is 0 Å². The second-order valence-electron chi connectivity index (χ2n) is 6.53. The van der Waals surface area contributed by atoms with Crippen LogP contribution in [0.5, 0.6) is 0 Å². The number of carbonyl (C=O) groups is 1. The van der Waals surface area contributed by atoms with Crippen molar-refractivity contribution in [3.63, 3.8) is 0 Å². The van der Waals surface area contributed by atoms with Crippen molar-refractivity contribution in [2.75, 3.05) is 0 Å². The third kappa shape index (κ3) is 3.75. The average Bonchev–Trinajstić information content (AvgIpc) is 3.06. The summed E-state index contributed by atoms with van der Waals surface area (Å²) < 4.78 is 7.49. The van der Waals surface area contributed by atoms with Crippen molar-refractivity contribution in [1.82, 2.24) is 19.9 Å². The molecule has 1 N–H and O–H groups in total. The fourth-order valence-electron chi connectivity index (χ4n) is 2.18. The third-order valence-electron chi connectivity index (χ3n) is 3.65. The van der Waals surface area contributed by atoms with Crippen molar-refractivity contribution < 1.29 is 9.21 Å². The Kier molecular flexibility index (Phi) is 4.68. The molecule has 0 fully saturated rings. The second-order valence-corrected chi connectivity index (χ2v) is 6.53. The van der Waals surface area contributed by atoms with Crippen molar-refractivity contribution in [1.29, 1.82) is 0 Å². The Morgan fingerprint density at radius 1 is 1.45 bits per heavy atom. The first-order valence-corrected chi connectivity index (χ1v) is 7.54. The fraction of sp³-hybridized carbons (Fsp3) is 0.562. The van der Waals surface area contributed by atoms with Crippen LogP contribution in [-0.2, 0) is 13.0 Å². The first-order chi connectivity index (χ1) is 10.3. The number of hydrogen-bond donors (Lipinski definition) is 1.